The molecule has 0 N–H and O–H groups in total. The van der Waals surface area contributed by atoms with Crippen molar-refractivity contribution in [2.24, 2.45) is 0 Å². The first-order valence-corrected chi connectivity index (χ1v) is 5.18. The Morgan fingerprint density at radius 1 is 1.00 bits per heavy atom. The van der Waals surface area contributed by atoms with Crippen LogP contribution in [0.25, 0.3) is 0 Å². The fourth-order valence-corrected chi connectivity index (χ4v) is 2.36. The number of quaternary nitrogens is 1. The molecule has 0 saturated carbocycles. The Balaban J connectivity index is 0.00000121. The minimum Gasteiger partial charge on any atom is -1.00 e. The first-order chi connectivity index (χ1) is 5.33. The van der Waals surface area contributed by atoms with Gasteiger partial charge >= 0.3 is 0 Å². The number of rotatable bonds is 3. The minimum absolute atomic E-state index is 0. The largest absolute Gasteiger partial charge is 1.00 e. The summed E-state index contributed by atoms with van der Waals surface area (Å²) in [4.78, 5) is 0. The van der Waals surface area contributed by atoms with Gasteiger partial charge in [0.25, 0.3) is 0 Å². The number of hydrogen-bond donors (Lipinski definition) is 0. The summed E-state index contributed by atoms with van der Waals surface area (Å²) in [5, 5.41) is 0. The lowest BCUT2D eigenvalue weighted by atomic mass is 10.1. The molecule has 1 saturated heterocycles. The molecule has 0 unspecified atom stereocenters. The van der Waals surface area contributed by atoms with E-state index in [1.54, 1.807) is 0 Å². The van der Waals surface area contributed by atoms with Gasteiger partial charge in [0.05, 0.1) is 26.2 Å². The van der Waals surface area contributed by atoms with Gasteiger partial charge in [-0.3, -0.25) is 0 Å². The van der Waals surface area contributed by atoms with E-state index in [9.17, 15) is 0 Å². The van der Waals surface area contributed by atoms with E-state index in [0.29, 0.717) is 0 Å². The number of nitrogens with zero attached hydrogens (tertiary/aromatic N) is 1. The monoisotopic (exact) mass is 191 g/mol. The van der Waals surface area contributed by atoms with Crippen molar-refractivity contribution in [3.63, 3.8) is 0 Å². The Morgan fingerprint density at radius 3 is 2.00 bits per heavy atom. The van der Waals surface area contributed by atoms with Crippen molar-refractivity contribution < 1.29 is 16.9 Å². The van der Waals surface area contributed by atoms with Gasteiger partial charge in [-0.25, -0.2) is 0 Å². The van der Waals surface area contributed by atoms with E-state index < -0.39 is 0 Å². The molecule has 1 aliphatic heterocycles. The number of piperidine rings is 1. The minimum atomic E-state index is 0. The summed E-state index contributed by atoms with van der Waals surface area (Å²) in [7, 11) is 0. The van der Waals surface area contributed by atoms with E-state index >= 15 is 0 Å². The van der Waals surface area contributed by atoms with Crippen LogP contribution in [0.1, 0.15) is 39.5 Å². The van der Waals surface area contributed by atoms with E-state index in [1.807, 2.05) is 0 Å². The quantitative estimate of drug-likeness (QED) is 0.524. The van der Waals surface area contributed by atoms with Crippen LogP contribution in [0, 0.1) is 0 Å². The second-order valence-electron chi connectivity index (χ2n) is 3.89. The van der Waals surface area contributed by atoms with Crippen LogP contribution in [0.4, 0.5) is 0 Å². The average Bonchev–Trinajstić information content (AvgIpc) is 2.07. The van der Waals surface area contributed by atoms with Crippen LogP contribution in [0.2, 0.25) is 0 Å². The van der Waals surface area contributed by atoms with Crippen LogP contribution in [0.3, 0.4) is 0 Å². The van der Waals surface area contributed by atoms with Gasteiger partial charge in [-0.2, -0.15) is 0 Å². The second kappa shape index (κ2) is 5.82. The molecule has 1 rings (SSSR count). The van der Waals surface area contributed by atoms with Gasteiger partial charge in [-0.1, -0.05) is 6.92 Å². The molecule has 12 heavy (non-hydrogen) atoms. The normalized spacial score (nSPS) is 21.5. The third kappa shape index (κ3) is 2.95. The SMILES string of the molecule is CCC[N+]1(CC)CCCCC1.[Cl-]. The molecule has 1 heterocycles. The molecule has 0 atom stereocenters. The molecule has 0 bridgehead atoms. The maximum atomic E-state index is 2.35. The van der Waals surface area contributed by atoms with Gasteiger partial charge in [0, 0.05) is 0 Å². The van der Waals surface area contributed by atoms with E-state index in [2.05, 4.69) is 13.8 Å². The van der Waals surface area contributed by atoms with E-state index in [-0.39, 0.29) is 12.4 Å². The first kappa shape index (κ1) is 12.2. The number of halogens is 1. The van der Waals surface area contributed by atoms with Crippen molar-refractivity contribution in [3.8, 4) is 0 Å². The highest BCUT2D eigenvalue weighted by Gasteiger charge is 2.26. The highest BCUT2D eigenvalue weighted by molar-refractivity contribution is 4.52. The number of likely N-dealkylation sites (tertiary alicyclic amines) is 1. The zero-order chi connectivity index (χ0) is 8.16. The molecule has 0 aliphatic carbocycles. The smallest absolute Gasteiger partial charge is 0.0786 e. The van der Waals surface area contributed by atoms with Crippen molar-refractivity contribution in [2.45, 2.75) is 39.5 Å². The van der Waals surface area contributed by atoms with Crippen LogP contribution < -0.4 is 12.4 Å². The molecule has 0 aromatic carbocycles. The van der Waals surface area contributed by atoms with Crippen LogP contribution in [-0.2, 0) is 0 Å². The molecule has 0 aromatic heterocycles. The first-order valence-electron chi connectivity index (χ1n) is 5.18. The maximum absolute atomic E-state index is 2.35. The predicted molar refractivity (Wildman–Crippen MR) is 49.5 cm³/mol. The third-order valence-corrected chi connectivity index (χ3v) is 3.13. The van der Waals surface area contributed by atoms with Gasteiger partial charge in [-0.15, -0.1) is 0 Å². The standard InChI is InChI=1S/C10H22N.ClH/c1-3-8-11(4-2)9-6-5-7-10-11;/h3-10H2,1-2H3;1H/q+1;/p-1. The highest BCUT2D eigenvalue weighted by atomic mass is 35.5. The summed E-state index contributed by atoms with van der Waals surface area (Å²) >= 11 is 0. The highest BCUT2D eigenvalue weighted by Crippen LogP contribution is 2.18. The fourth-order valence-electron chi connectivity index (χ4n) is 2.36. The van der Waals surface area contributed by atoms with Crippen molar-refractivity contribution in [2.75, 3.05) is 26.2 Å². The molecule has 74 valence electrons. The summed E-state index contributed by atoms with van der Waals surface area (Å²) in [5.74, 6) is 0. The van der Waals surface area contributed by atoms with Crippen molar-refractivity contribution in [3.05, 3.63) is 0 Å². The van der Waals surface area contributed by atoms with E-state index in [4.69, 9.17) is 0 Å². The molecule has 1 nitrogen and oxygen atoms in total. The van der Waals surface area contributed by atoms with E-state index in [1.165, 1.54) is 56.3 Å². The lowest BCUT2D eigenvalue weighted by Gasteiger charge is -2.40. The molecule has 0 amide bonds. The Bertz CT molecular complexity index is 103. The van der Waals surface area contributed by atoms with Gasteiger partial charge < -0.3 is 16.9 Å². The van der Waals surface area contributed by atoms with Crippen molar-refractivity contribution >= 4 is 0 Å². The predicted octanol–water partition coefficient (Wildman–Crippen LogP) is -0.579. The van der Waals surface area contributed by atoms with Gasteiger partial charge in [0.15, 0.2) is 0 Å². The van der Waals surface area contributed by atoms with Crippen molar-refractivity contribution in [1.82, 2.24) is 0 Å². The van der Waals surface area contributed by atoms with Gasteiger partial charge in [-0.05, 0) is 32.6 Å². The second-order valence-corrected chi connectivity index (χ2v) is 3.89. The van der Waals surface area contributed by atoms with Crippen LogP contribution in [0.15, 0.2) is 0 Å². The third-order valence-electron chi connectivity index (χ3n) is 3.13. The van der Waals surface area contributed by atoms with E-state index in [0.717, 1.165) is 0 Å². The molecule has 0 spiro atoms. The van der Waals surface area contributed by atoms with Gasteiger partial charge in [0.1, 0.15) is 0 Å². The Hall–Kier alpha value is 0.250. The molecular weight excluding hydrogens is 170 g/mol. The fraction of sp³-hybridized carbons (Fsp3) is 1.00. The van der Waals surface area contributed by atoms with Crippen LogP contribution in [-0.4, -0.2) is 30.7 Å². The summed E-state index contributed by atoms with van der Waals surface area (Å²) in [6, 6.07) is 0. The zero-order valence-corrected chi connectivity index (χ0v) is 9.24. The number of hydrogen-bond acceptors (Lipinski definition) is 0. The van der Waals surface area contributed by atoms with Gasteiger partial charge in [0.2, 0.25) is 0 Å². The Labute approximate surface area is 83.1 Å². The maximum Gasteiger partial charge on any atom is 0.0786 e. The average molecular weight is 192 g/mol. The summed E-state index contributed by atoms with van der Waals surface area (Å²) in [5.41, 5.74) is 0. The summed E-state index contributed by atoms with van der Waals surface area (Å²) < 4.78 is 1.41. The lowest BCUT2D eigenvalue weighted by Crippen LogP contribution is -3.00. The van der Waals surface area contributed by atoms with Crippen molar-refractivity contribution in [1.29, 1.82) is 0 Å². The molecule has 0 aromatic rings. The van der Waals surface area contributed by atoms with Crippen LogP contribution >= 0.6 is 0 Å². The molecule has 1 aliphatic rings. The molecular formula is C10H22ClN. The topological polar surface area (TPSA) is 0 Å². The Morgan fingerprint density at radius 2 is 1.58 bits per heavy atom. The molecule has 2 heteroatoms. The zero-order valence-electron chi connectivity index (χ0n) is 8.48. The lowest BCUT2D eigenvalue weighted by molar-refractivity contribution is -0.930. The molecule has 0 radical (unpaired) electrons. The molecule has 1 fully saturated rings. The Kier molecular flexibility index (Phi) is 5.94. The summed E-state index contributed by atoms with van der Waals surface area (Å²) in [6.07, 6.45) is 5.76. The van der Waals surface area contributed by atoms with Crippen LogP contribution in [0.5, 0.6) is 0 Å². The summed E-state index contributed by atoms with van der Waals surface area (Å²) in [6.45, 7) is 10.3.